The normalized spacial score (nSPS) is 25.7. The number of amides is 1. The van der Waals surface area contributed by atoms with Crippen LogP contribution in [0.5, 0.6) is 0 Å². The molecular weight excluding hydrogens is 374 g/mol. The number of aromatic nitrogens is 4. The molecule has 5 rings (SSSR count). The molecule has 2 aromatic heterocycles. The summed E-state index contributed by atoms with van der Waals surface area (Å²) < 4.78 is 19.7. The van der Waals surface area contributed by atoms with E-state index in [0.29, 0.717) is 35.6 Å². The molecule has 4 heterocycles. The summed E-state index contributed by atoms with van der Waals surface area (Å²) in [6, 6.07) is 8.96. The van der Waals surface area contributed by atoms with Gasteiger partial charge >= 0.3 is 0 Å². The lowest BCUT2D eigenvalue weighted by atomic mass is 10.1. The average Bonchev–Trinajstić information content (AvgIpc) is 3.32. The third-order valence-corrected chi connectivity index (χ3v) is 5.15. The van der Waals surface area contributed by atoms with Crippen LogP contribution in [-0.4, -0.2) is 50.0 Å². The summed E-state index contributed by atoms with van der Waals surface area (Å²) >= 11 is 0. The number of rotatable bonds is 3. The summed E-state index contributed by atoms with van der Waals surface area (Å²) in [7, 11) is 0. The standard InChI is InChI=1S/C20H21N5O4/c1-20(2)27-9-14-13(29-20)8-15(28-14)25-11-23-16-17(21-10-22-18(16)25)24-19(26)12-6-4-3-5-7-12/h3-7,10-11,13-15H,8-9H2,1-2H3,(H,21,22,24,26)/t13-,14-,15-/m1/s1. The van der Waals surface area contributed by atoms with Gasteiger partial charge in [-0.3, -0.25) is 9.36 Å². The minimum atomic E-state index is -0.618. The lowest BCUT2D eigenvalue weighted by Crippen LogP contribution is -2.46. The fourth-order valence-corrected chi connectivity index (χ4v) is 3.75. The topological polar surface area (TPSA) is 100 Å². The van der Waals surface area contributed by atoms with Crippen LogP contribution in [0.4, 0.5) is 5.82 Å². The number of benzene rings is 1. The van der Waals surface area contributed by atoms with Crippen molar-refractivity contribution in [1.29, 1.82) is 0 Å². The van der Waals surface area contributed by atoms with Gasteiger partial charge in [0.05, 0.1) is 19.0 Å². The van der Waals surface area contributed by atoms with E-state index >= 15 is 0 Å². The van der Waals surface area contributed by atoms with Gasteiger partial charge < -0.3 is 19.5 Å². The van der Waals surface area contributed by atoms with Crippen molar-refractivity contribution >= 4 is 22.9 Å². The molecular formula is C20H21N5O4. The molecule has 0 aliphatic carbocycles. The molecule has 0 spiro atoms. The van der Waals surface area contributed by atoms with Gasteiger partial charge in [0.25, 0.3) is 5.91 Å². The number of anilines is 1. The van der Waals surface area contributed by atoms with E-state index in [4.69, 9.17) is 14.2 Å². The zero-order chi connectivity index (χ0) is 20.0. The van der Waals surface area contributed by atoms with Crippen molar-refractivity contribution < 1.29 is 19.0 Å². The Labute approximate surface area is 167 Å². The average molecular weight is 395 g/mol. The molecule has 9 nitrogen and oxygen atoms in total. The second-order valence-electron chi connectivity index (χ2n) is 7.60. The third-order valence-electron chi connectivity index (χ3n) is 5.15. The van der Waals surface area contributed by atoms with Gasteiger partial charge in [-0.15, -0.1) is 0 Å². The Bertz CT molecular complexity index is 1050. The van der Waals surface area contributed by atoms with Gasteiger partial charge in [-0.1, -0.05) is 18.2 Å². The quantitative estimate of drug-likeness (QED) is 0.727. The fraction of sp³-hybridized carbons (Fsp3) is 0.400. The Kier molecular flexibility index (Phi) is 4.30. The van der Waals surface area contributed by atoms with E-state index in [9.17, 15) is 4.79 Å². The summed E-state index contributed by atoms with van der Waals surface area (Å²) in [5.41, 5.74) is 1.64. The zero-order valence-electron chi connectivity index (χ0n) is 16.1. The first kappa shape index (κ1) is 18.2. The van der Waals surface area contributed by atoms with Crippen LogP contribution in [0, 0.1) is 0 Å². The Hall–Kier alpha value is -2.88. The van der Waals surface area contributed by atoms with E-state index in [-0.39, 0.29) is 24.3 Å². The van der Waals surface area contributed by atoms with E-state index in [0.717, 1.165) is 0 Å². The van der Waals surface area contributed by atoms with Gasteiger partial charge in [-0.25, -0.2) is 15.0 Å². The second kappa shape index (κ2) is 6.87. The lowest BCUT2D eigenvalue weighted by Gasteiger charge is -2.36. The Balaban J connectivity index is 1.40. The van der Waals surface area contributed by atoms with Crippen LogP contribution in [-0.2, 0) is 14.2 Å². The number of ether oxygens (including phenoxy) is 3. The molecule has 29 heavy (non-hydrogen) atoms. The zero-order valence-corrected chi connectivity index (χ0v) is 16.1. The molecule has 0 radical (unpaired) electrons. The molecule has 1 amide bonds. The largest absolute Gasteiger partial charge is 0.349 e. The van der Waals surface area contributed by atoms with E-state index in [1.807, 2.05) is 36.6 Å². The Morgan fingerprint density at radius 2 is 2.00 bits per heavy atom. The highest BCUT2D eigenvalue weighted by Crippen LogP contribution is 2.38. The van der Waals surface area contributed by atoms with Crippen molar-refractivity contribution in [3.8, 4) is 0 Å². The first-order valence-corrected chi connectivity index (χ1v) is 9.51. The molecule has 1 aromatic carbocycles. The predicted octanol–water partition coefficient (Wildman–Crippen LogP) is 2.52. The van der Waals surface area contributed by atoms with Crippen molar-refractivity contribution in [2.75, 3.05) is 11.9 Å². The summed E-state index contributed by atoms with van der Waals surface area (Å²) in [4.78, 5) is 25.5. The van der Waals surface area contributed by atoms with Gasteiger partial charge in [-0.2, -0.15) is 0 Å². The molecule has 150 valence electrons. The number of carbonyl (C=O) groups excluding carboxylic acids is 1. The predicted molar refractivity (Wildman–Crippen MR) is 103 cm³/mol. The van der Waals surface area contributed by atoms with Gasteiger partial charge in [-0.05, 0) is 26.0 Å². The number of hydrogen-bond donors (Lipinski definition) is 1. The summed E-state index contributed by atoms with van der Waals surface area (Å²) in [5.74, 6) is -0.511. The van der Waals surface area contributed by atoms with Crippen LogP contribution in [0.25, 0.3) is 11.2 Å². The maximum atomic E-state index is 12.5. The molecule has 3 aromatic rings. The van der Waals surface area contributed by atoms with E-state index in [2.05, 4.69) is 20.3 Å². The van der Waals surface area contributed by atoms with Crippen LogP contribution >= 0.6 is 0 Å². The number of fused-ring (bicyclic) bond motifs is 2. The van der Waals surface area contributed by atoms with Crippen LogP contribution in [0.2, 0.25) is 0 Å². The minimum absolute atomic E-state index is 0.0553. The van der Waals surface area contributed by atoms with Crippen molar-refractivity contribution in [1.82, 2.24) is 19.5 Å². The Morgan fingerprint density at radius 1 is 1.17 bits per heavy atom. The van der Waals surface area contributed by atoms with Crippen LogP contribution in [0.15, 0.2) is 43.0 Å². The summed E-state index contributed by atoms with van der Waals surface area (Å²) in [5, 5.41) is 2.81. The summed E-state index contributed by atoms with van der Waals surface area (Å²) in [6.45, 7) is 4.28. The molecule has 2 fully saturated rings. The summed E-state index contributed by atoms with van der Waals surface area (Å²) in [6.07, 6.45) is 3.26. The second-order valence-corrected chi connectivity index (χ2v) is 7.60. The van der Waals surface area contributed by atoms with Gasteiger partial charge in [0.1, 0.15) is 18.7 Å². The SMILES string of the molecule is CC1(C)OC[C@H]2O[C@@H](n3cnc4c(NC(=O)c5ccccc5)ncnc43)C[C@H]2O1. The van der Waals surface area contributed by atoms with Gasteiger partial charge in [0.15, 0.2) is 22.8 Å². The highest BCUT2D eigenvalue weighted by molar-refractivity contribution is 6.06. The fourth-order valence-electron chi connectivity index (χ4n) is 3.75. The van der Waals surface area contributed by atoms with Crippen molar-refractivity contribution in [2.45, 2.75) is 44.5 Å². The Morgan fingerprint density at radius 3 is 2.83 bits per heavy atom. The van der Waals surface area contributed by atoms with Gasteiger partial charge in [0, 0.05) is 12.0 Å². The molecule has 3 atom stereocenters. The van der Waals surface area contributed by atoms with Crippen LogP contribution < -0.4 is 5.32 Å². The number of carbonyl (C=O) groups is 1. The first-order chi connectivity index (χ1) is 14.0. The van der Waals surface area contributed by atoms with E-state index in [1.165, 1.54) is 6.33 Å². The lowest BCUT2D eigenvalue weighted by molar-refractivity contribution is -0.293. The van der Waals surface area contributed by atoms with E-state index in [1.54, 1.807) is 18.5 Å². The molecule has 9 heteroatoms. The van der Waals surface area contributed by atoms with Crippen LogP contribution in [0.3, 0.4) is 0 Å². The van der Waals surface area contributed by atoms with Crippen LogP contribution in [0.1, 0.15) is 36.9 Å². The number of imidazole rings is 1. The highest BCUT2D eigenvalue weighted by atomic mass is 16.7. The monoisotopic (exact) mass is 395 g/mol. The molecule has 2 aliphatic heterocycles. The first-order valence-electron chi connectivity index (χ1n) is 9.51. The smallest absolute Gasteiger partial charge is 0.256 e. The number of hydrogen-bond acceptors (Lipinski definition) is 7. The molecule has 0 saturated carbocycles. The molecule has 2 saturated heterocycles. The molecule has 2 aliphatic rings. The maximum absolute atomic E-state index is 12.5. The number of nitrogens with one attached hydrogen (secondary N) is 1. The number of nitrogens with zero attached hydrogens (tertiary/aromatic N) is 4. The highest BCUT2D eigenvalue weighted by Gasteiger charge is 2.45. The molecule has 0 bridgehead atoms. The maximum Gasteiger partial charge on any atom is 0.256 e. The molecule has 0 unspecified atom stereocenters. The van der Waals surface area contributed by atoms with Gasteiger partial charge in [0.2, 0.25) is 0 Å². The van der Waals surface area contributed by atoms with Crippen molar-refractivity contribution in [3.63, 3.8) is 0 Å². The van der Waals surface area contributed by atoms with Crippen molar-refractivity contribution in [2.24, 2.45) is 0 Å². The minimum Gasteiger partial charge on any atom is -0.349 e. The molecule has 1 N–H and O–H groups in total. The third kappa shape index (κ3) is 3.37. The van der Waals surface area contributed by atoms with E-state index < -0.39 is 5.79 Å². The van der Waals surface area contributed by atoms with Crippen molar-refractivity contribution in [3.05, 3.63) is 48.5 Å².